The van der Waals surface area contributed by atoms with Crippen molar-refractivity contribution in [3.8, 4) is 5.75 Å². The molecular weight excluding hydrogens is 304 g/mol. The van der Waals surface area contributed by atoms with Crippen LogP contribution in [-0.2, 0) is 4.74 Å². The molecule has 2 heterocycles. The third-order valence-corrected chi connectivity index (χ3v) is 5.59. The number of fused-ring (bicyclic) bond motifs is 2. The first-order chi connectivity index (χ1) is 11.8. The highest BCUT2D eigenvalue weighted by Gasteiger charge is 2.38. The molecule has 5 nitrogen and oxygen atoms in total. The van der Waals surface area contributed by atoms with E-state index in [0.29, 0.717) is 18.6 Å². The van der Waals surface area contributed by atoms with Gasteiger partial charge in [-0.3, -0.25) is 0 Å². The molecule has 2 amide bonds. The minimum atomic E-state index is -0.0609. The molecule has 5 heteroatoms. The third-order valence-electron chi connectivity index (χ3n) is 5.59. The third kappa shape index (κ3) is 3.22. The van der Waals surface area contributed by atoms with Gasteiger partial charge in [0.2, 0.25) is 0 Å². The number of urea groups is 1. The summed E-state index contributed by atoms with van der Waals surface area (Å²) in [4.78, 5) is 12.6. The molecule has 3 aliphatic rings. The molecule has 0 aromatic heterocycles. The molecule has 2 N–H and O–H groups in total. The van der Waals surface area contributed by atoms with Crippen LogP contribution in [-0.4, -0.2) is 31.4 Å². The molecular formula is C19H26N2O3. The van der Waals surface area contributed by atoms with Crippen molar-refractivity contribution in [3.63, 3.8) is 0 Å². The van der Waals surface area contributed by atoms with Crippen molar-refractivity contribution in [3.05, 3.63) is 29.8 Å². The number of benzene rings is 1. The lowest BCUT2D eigenvalue weighted by molar-refractivity contribution is 0.0548. The van der Waals surface area contributed by atoms with Gasteiger partial charge in [-0.25, -0.2) is 4.79 Å². The predicted molar refractivity (Wildman–Crippen MR) is 91.1 cm³/mol. The van der Waals surface area contributed by atoms with Gasteiger partial charge in [0.05, 0.1) is 18.8 Å². The van der Waals surface area contributed by atoms with Crippen molar-refractivity contribution in [2.75, 3.05) is 13.2 Å². The lowest BCUT2D eigenvalue weighted by Gasteiger charge is -2.33. The Kier molecular flexibility index (Phi) is 4.60. The van der Waals surface area contributed by atoms with Gasteiger partial charge in [-0.05, 0) is 44.6 Å². The number of hydrogen-bond acceptors (Lipinski definition) is 3. The molecule has 0 spiro atoms. The van der Waals surface area contributed by atoms with E-state index in [9.17, 15) is 4.79 Å². The quantitative estimate of drug-likeness (QED) is 0.876. The van der Waals surface area contributed by atoms with Crippen molar-refractivity contribution >= 4 is 6.03 Å². The number of rotatable bonds is 2. The number of carbonyl (C=O) groups excluding carboxylic acids is 1. The van der Waals surface area contributed by atoms with Gasteiger partial charge in [-0.15, -0.1) is 0 Å². The molecule has 1 aromatic rings. The summed E-state index contributed by atoms with van der Waals surface area (Å²) >= 11 is 0. The standard InChI is InChI=1S/C19H26N2O3/c22-19(20-15-6-3-9-18-14(15)10-12-24-18)21-16-7-4-11-23-17-8-2-1-5-13(16)17/h1-2,5,8,14-16,18H,3-4,6-7,9-12H2,(H2,20,21,22)/t14-,15-,16-,18+/m1/s1. The Morgan fingerprint density at radius 1 is 1.00 bits per heavy atom. The Hall–Kier alpha value is -1.75. The fourth-order valence-electron chi connectivity index (χ4n) is 4.40. The highest BCUT2D eigenvalue weighted by Crippen LogP contribution is 2.35. The fraction of sp³-hybridized carbons (Fsp3) is 0.632. The van der Waals surface area contributed by atoms with Crippen LogP contribution in [0.4, 0.5) is 4.79 Å². The average Bonchev–Trinajstić information content (AvgIpc) is 2.99. The Morgan fingerprint density at radius 3 is 2.88 bits per heavy atom. The molecule has 0 unspecified atom stereocenters. The highest BCUT2D eigenvalue weighted by atomic mass is 16.5. The van der Waals surface area contributed by atoms with Crippen LogP contribution in [0.2, 0.25) is 0 Å². The van der Waals surface area contributed by atoms with Gasteiger partial charge < -0.3 is 20.1 Å². The maximum atomic E-state index is 12.6. The number of hydrogen-bond donors (Lipinski definition) is 2. The Morgan fingerprint density at radius 2 is 1.92 bits per heavy atom. The number of para-hydroxylation sites is 1. The van der Waals surface area contributed by atoms with Crippen molar-refractivity contribution < 1.29 is 14.3 Å². The van der Waals surface area contributed by atoms with E-state index in [1.807, 2.05) is 24.3 Å². The second-order valence-electron chi connectivity index (χ2n) is 7.10. The smallest absolute Gasteiger partial charge is 0.315 e. The number of nitrogens with one attached hydrogen (secondary N) is 2. The van der Waals surface area contributed by atoms with Crippen LogP contribution >= 0.6 is 0 Å². The van der Waals surface area contributed by atoms with E-state index in [1.165, 1.54) is 0 Å². The largest absolute Gasteiger partial charge is 0.493 e. The fourth-order valence-corrected chi connectivity index (χ4v) is 4.40. The molecule has 0 radical (unpaired) electrons. The normalized spacial score (nSPS) is 32.0. The topological polar surface area (TPSA) is 59.6 Å². The minimum Gasteiger partial charge on any atom is -0.493 e. The van der Waals surface area contributed by atoms with E-state index >= 15 is 0 Å². The van der Waals surface area contributed by atoms with Gasteiger partial charge in [0.1, 0.15) is 5.75 Å². The molecule has 4 rings (SSSR count). The molecule has 4 atom stereocenters. The first kappa shape index (κ1) is 15.8. The summed E-state index contributed by atoms with van der Waals surface area (Å²) in [5.74, 6) is 1.37. The van der Waals surface area contributed by atoms with Crippen LogP contribution in [0.5, 0.6) is 5.75 Å². The Labute approximate surface area is 143 Å². The summed E-state index contributed by atoms with van der Waals surface area (Å²) in [7, 11) is 0. The monoisotopic (exact) mass is 330 g/mol. The van der Waals surface area contributed by atoms with Crippen molar-refractivity contribution in [2.24, 2.45) is 5.92 Å². The number of carbonyl (C=O) groups is 1. The maximum absolute atomic E-state index is 12.6. The maximum Gasteiger partial charge on any atom is 0.315 e. The van der Waals surface area contributed by atoms with Gasteiger partial charge in [0.25, 0.3) is 0 Å². The minimum absolute atomic E-state index is 0.0166. The first-order valence-electron chi connectivity index (χ1n) is 9.21. The van der Waals surface area contributed by atoms with Crippen LogP contribution in [0, 0.1) is 5.92 Å². The Balaban J connectivity index is 1.41. The second kappa shape index (κ2) is 7.01. The summed E-state index contributed by atoms with van der Waals surface area (Å²) in [6.07, 6.45) is 6.59. The lowest BCUT2D eigenvalue weighted by Crippen LogP contribution is -2.49. The zero-order valence-electron chi connectivity index (χ0n) is 14.0. The van der Waals surface area contributed by atoms with E-state index in [4.69, 9.17) is 9.47 Å². The number of ether oxygens (including phenoxy) is 2. The zero-order valence-corrected chi connectivity index (χ0v) is 14.0. The molecule has 1 saturated carbocycles. The molecule has 1 aromatic carbocycles. The molecule has 1 saturated heterocycles. The van der Waals surface area contributed by atoms with Crippen LogP contribution in [0.3, 0.4) is 0 Å². The second-order valence-corrected chi connectivity index (χ2v) is 7.10. The zero-order chi connectivity index (χ0) is 16.4. The summed E-state index contributed by atoms with van der Waals surface area (Å²) in [5, 5.41) is 6.39. The van der Waals surface area contributed by atoms with E-state index in [-0.39, 0.29) is 18.1 Å². The number of amides is 2. The first-order valence-corrected chi connectivity index (χ1v) is 9.21. The molecule has 2 fully saturated rings. The molecule has 24 heavy (non-hydrogen) atoms. The van der Waals surface area contributed by atoms with Gasteiger partial charge in [-0.1, -0.05) is 18.2 Å². The summed E-state index contributed by atoms with van der Waals surface area (Å²) < 4.78 is 11.6. The summed E-state index contributed by atoms with van der Waals surface area (Å²) in [5.41, 5.74) is 1.08. The summed E-state index contributed by atoms with van der Waals surface area (Å²) in [6, 6.07) is 8.20. The van der Waals surface area contributed by atoms with Gasteiger partial charge >= 0.3 is 6.03 Å². The van der Waals surface area contributed by atoms with Crippen LogP contribution in [0.15, 0.2) is 24.3 Å². The van der Waals surface area contributed by atoms with E-state index in [2.05, 4.69) is 10.6 Å². The lowest BCUT2D eigenvalue weighted by atomic mass is 9.82. The van der Waals surface area contributed by atoms with E-state index < -0.39 is 0 Å². The van der Waals surface area contributed by atoms with Gasteiger partial charge in [-0.2, -0.15) is 0 Å². The SMILES string of the molecule is O=C(N[C@@H]1CCCOc2ccccc21)N[C@@H]1CCC[C@@H]2OCC[C@@H]21. The van der Waals surface area contributed by atoms with Gasteiger partial charge in [0, 0.05) is 24.1 Å². The van der Waals surface area contributed by atoms with Crippen molar-refractivity contribution in [1.82, 2.24) is 10.6 Å². The van der Waals surface area contributed by atoms with Crippen molar-refractivity contribution in [2.45, 2.75) is 56.7 Å². The summed E-state index contributed by atoms with van der Waals surface area (Å²) in [6.45, 7) is 1.54. The van der Waals surface area contributed by atoms with E-state index in [1.54, 1.807) is 0 Å². The van der Waals surface area contributed by atoms with Gasteiger partial charge in [0.15, 0.2) is 0 Å². The van der Waals surface area contributed by atoms with Crippen molar-refractivity contribution in [1.29, 1.82) is 0 Å². The highest BCUT2D eigenvalue weighted by molar-refractivity contribution is 5.75. The van der Waals surface area contributed by atoms with Crippen LogP contribution in [0.25, 0.3) is 0 Å². The van der Waals surface area contributed by atoms with Crippen LogP contribution in [0.1, 0.15) is 50.1 Å². The van der Waals surface area contributed by atoms with E-state index in [0.717, 1.165) is 56.4 Å². The Bertz CT molecular complexity index is 592. The molecule has 1 aliphatic carbocycles. The molecule has 130 valence electrons. The molecule has 2 aliphatic heterocycles. The van der Waals surface area contributed by atoms with Crippen LogP contribution < -0.4 is 15.4 Å². The predicted octanol–water partition coefficient (Wildman–Crippen LogP) is 3.16. The molecule has 0 bridgehead atoms. The average molecular weight is 330 g/mol.